The summed E-state index contributed by atoms with van der Waals surface area (Å²) in [6.07, 6.45) is 8.46. The molecule has 2 N–H and O–H groups in total. The van der Waals surface area contributed by atoms with Gasteiger partial charge in [0.2, 0.25) is 11.8 Å². The van der Waals surface area contributed by atoms with Crippen LogP contribution in [0, 0.1) is 0 Å². The summed E-state index contributed by atoms with van der Waals surface area (Å²) >= 11 is 6.21. The topological polar surface area (TPSA) is 88.9 Å². The lowest BCUT2D eigenvalue weighted by atomic mass is 10.1. The zero-order valence-corrected chi connectivity index (χ0v) is 19.2. The largest absolute Gasteiger partial charge is 0.326 e. The fourth-order valence-corrected chi connectivity index (χ4v) is 3.54. The number of pyridine rings is 1. The van der Waals surface area contributed by atoms with Crippen molar-refractivity contribution in [1.29, 1.82) is 0 Å². The Balaban J connectivity index is 1.57. The van der Waals surface area contributed by atoms with Gasteiger partial charge in [-0.05, 0) is 42.0 Å². The Labute approximate surface area is 202 Å². The molecule has 2 amide bonds. The summed E-state index contributed by atoms with van der Waals surface area (Å²) in [6.45, 7) is 2.01. The van der Waals surface area contributed by atoms with Crippen molar-refractivity contribution < 1.29 is 9.59 Å². The SMILES string of the molecule is CC(=O)Nc1ccc(Cl)c(NC(=O)C=Cc2cn(Cc3ccccc3)nc2-c2cccnc2)c1. The summed E-state index contributed by atoms with van der Waals surface area (Å²) in [6, 6.07) is 18.7. The number of carbonyl (C=O) groups is 2. The van der Waals surface area contributed by atoms with Crippen LogP contribution in [0.25, 0.3) is 17.3 Å². The predicted molar refractivity (Wildman–Crippen MR) is 134 cm³/mol. The van der Waals surface area contributed by atoms with Crippen LogP contribution in [0.1, 0.15) is 18.1 Å². The second-order valence-corrected chi connectivity index (χ2v) is 7.96. The predicted octanol–water partition coefficient (Wildman–Crippen LogP) is 5.26. The Hall–Kier alpha value is -4.23. The Morgan fingerprint density at radius 3 is 2.62 bits per heavy atom. The Kier molecular flexibility index (Phi) is 7.15. The number of rotatable bonds is 7. The van der Waals surface area contributed by atoms with Gasteiger partial charge in [0.1, 0.15) is 5.69 Å². The van der Waals surface area contributed by atoms with E-state index in [1.165, 1.54) is 13.0 Å². The first-order valence-corrected chi connectivity index (χ1v) is 10.9. The molecular formula is C26H22ClN5O2. The maximum atomic E-state index is 12.6. The standard InChI is InChI=1S/C26H22ClN5O2/c1-18(33)29-22-10-11-23(27)24(14-22)30-25(34)12-9-21-17-32(16-19-6-3-2-4-7-19)31-26(21)20-8-5-13-28-15-20/h2-15,17H,16H2,1H3,(H,29,33)(H,30,34). The lowest BCUT2D eigenvalue weighted by Gasteiger charge is -2.08. The maximum absolute atomic E-state index is 12.6. The number of carbonyl (C=O) groups excluding carboxylic acids is 2. The average molecular weight is 472 g/mol. The Bertz CT molecular complexity index is 1330. The van der Waals surface area contributed by atoms with E-state index in [2.05, 4.69) is 15.6 Å². The average Bonchev–Trinajstić information content (AvgIpc) is 3.23. The first kappa shape index (κ1) is 22.9. The highest BCUT2D eigenvalue weighted by molar-refractivity contribution is 6.34. The fourth-order valence-electron chi connectivity index (χ4n) is 3.38. The van der Waals surface area contributed by atoms with Crippen molar-refractivity contribution in [3.8, 4) is 11.3 Å². The number of hydrogen-bond acceptors (Lipinski definition) is 4. The second kappa shape index (κ2) is 10.6. The van der Waals surface area contributed by atoms with Crippen molar-refractivity contribution in [1.82, 2.24) is 14.8 Å². The molecule has 2 aromatic heterocycles. The lowest BCUT2D eigenvalue weighted by molar-refractivity contribution is -0.114. The number of amides is 2. The molecule has 7 nitrogen and oxygen atoms in total. The molecule has 8 heteroatoms. The zero-order valence-electron chi connectivity index (χ0n) is 18.4. The van der Waals surface area contributed by atoms with Gasteiger partial charge < -0.3 is 10.6 Å². The number of anilines is 2. The molecule has 0 unspecified atom stereocenters. The number of nitrogens with one attached hydrogen (secondary N) is 2. The van der Waals surface area contributed by atoms with Crippen LogP contribution in [0.4, 0.5) is 11.4 Å². The van der Waals surface area contributed by atoms with Gasteiger partial charge in [-0.25, -0.2) is 0 Å². The van der Waals surface area contributed by atoms with Crippen LogP contribution in [0.2, 0.25) is 5.02 Å². The molecular weight excluding hydrogens is 450 g/mol. The number of aromatic nitrogens is 3. The van der Waals surface area contributed by atoms with Crippen LogP contribution >= 0.6 is 11.6 Å². The summed E-state index contributed by atoms with van der Waals surface area (Å²) in [4.78, 5) is 28.1. The normalized spacial score (nSPS) is 10.9. The minimum Gasteiger partial charge on any atom is -0.326 e. The van der Waals surface area contributed by atoms with Crippen molar-refractivity contribution in [3.05, 3.63) is 101 Å². The highest BCUT2D eigenvalue weighted by atomic mass is 35.5. The highest BCUT2D eigenvalue weighted by Gasteiger charge is 2.11. The molecule has 0 bridgehead atoms. The first-order valence-electron chi connectivity index (χ1n) is 10.6. The van der Waals surface area contributed by atoms with Gasteiger partial charge >= 0.3 is 0 Å². The van der Waals surface area contributed by atoms with E-state index in [-0.39, 0.29) is 11.8 Å². The molecule has 2 heterocycles. The lowest BCUT2D eigenvalue weighted by Crippen LogP contribution is -2.10. The summed E-state index contributed by atoms with van der Waals surface area (Å²) in [5, 5.41) is 10.5. The highest BCUT2D eigenvalue weighted by Crippen LogP contribution is 2.26. The Morgan fingerprint density at radius 2 is 1.88 bits per heavy atom. The van der Waals surface area contributed by atoms with E-state index in [9.17, 15) is 9.59 Å². The number of halogens is 1. The zero-order chi connectivity index (χ0) is 23.9. The van der Waals surface area contributed by atoms with Crippen LogP contribution in [-0.2, 0) is 16.1 Å². The van der Waals surface area contributed by atoms with Crippen molar-refractivity contribution in [2.75, 3.05) is 10.6 Å². The van der Waals surface area contributed by atoms with E-state index in [0.717, 1.165) is 22.4 Å². The molecule has 4 rings (SSSR count). The van der Waals surface area contributed by atoms with E-state index in [0.29, 0.717) is 22.9 Å². The summed E-state index contributed by atoms with van der Waals surface area (Å²) in [5.74, 6) is -0.579. The minimum absolute atomic E-state index is 0.213. The summed E-state index contributed by atoms with van der Waals surface area (Å²) in [5.41, 5.74) is 4.40. The van der Waals surface area contributed by atoms with Gasteiger partial charge in [-0.2, -0.15) is 5.10 Å². The Morgan fingerprint density at radius 1 is 1.06 bits per heavy atom. The van der Waals surface area contributed by atoms with Crippen molar-refractivity contribution in [2.24, 2.45) is 0 Å². The van der Waals surface area contributed by atoms with Crippen molar-refractivity contribution in [3.63, 3.8) is 0 Å². The third-order valence-corrected chi connectivity index (χ3v) is 5.20. The van der Waals surface area contributed by atoms with Gasteiger partial charge in [0.25, 0.3) is 0 Å². The second-order valence-electron chi connectivity index (χ2n) is 7.56. The van der Waals surface area contributed by atoms with Crippen LogP contribution in [0.15, 0.2) is 85.3 Å². The fraction of sp³-hybridized carbons (Fsp3) is 0.0769. The maximum Gasteiger partial charge on any atom is 0.248 e. The van der Waals surface area contributed by atoms with Crippen LogP contribution < -0.4 is 10.6 Å². The first-order chi connectivity index (χ1) is 16.5. The molecule has 0 fully saturated rings. The van der Waals surface area contributed by atoms with Gasteiger partial charge in [-0.3, -0.25) is 19.3 Å². The third-order valence-electron chi connectivity index (χ3n) is 4.87. The molecule has 170 valence electrons. The van der Waals surface area contributed by atoms with E-state index in [1.807, 2.05) is 53.3 Å². The van der Waals surface area contributed by atoms with E-state index >= 15 is 0 Å². The molecule has 0 saturated carbocycles. The number of hydrogen-bond donors (Lipinski definition) is 2. The molecule has 0 spiro atoms. The molecule has 0 saturated heterocycles. The summed E-state index contributed by atoms with van der Waals surface area (Å²) < 4.78 is 1.84. The van der Waals surface area contributed by atoms with Gasteiger partial charge in [0.05, 0.1) is 17.3 Å². The van der Waals surface area contributed by atoms with Crippen molar-refractivity contribution >= 4 is 40.9 Å². The molecule has 0 atom stereocenters. The monoisotopic (exact) mass is 471 g/mol. The number of nitrogens with zero attached hydrogens (tertiary/aromatic N) is 3. The van der Waals surface area contributed by atoms with Gasteiger partial charge in [-0.1, -0.05) is 41.9 Å². The van der Waals surface area contributed by atoms with E-state index in [1.54, 1.807) is 36.7 Å². The van der Waals surface area contributed by atoms with Gasteiger partial charge in [-0.15, -0.1) is 0 Å². The van der Waals surface area contributed by atoms with Crippen LogP contribution in [0.5, 0.6) is 0 Å². The minimum atomic E-state index is -0.366. The molecule has 34 heavy (non-hydrogen) atoms. The van der Waals surface area contributed by atoms with E-state index < -0.39 is 0 Å². The van der Waals surface area contributed by atoms with Crippen LogP contribution in [0.3, 0.4) is 0 Å². The molecule has 0 aliphatic carbocycles. The quantitative estimate of drug-likeness (QED) is 0.360. The van der Waals surface area contributed by atoms with Crippen LogP contribution in [-0.4, -0.2) is 26.6 Å². The van der Waals surface area contributed by atoms with E-state index in [4.69, 9.17) is 16.7 Å². The van der Waals surface area contributed by atoms with Gasteiger partial charge in [0.15, 0.2) is 0 Å². The van der Waals surface area contributed by atoms with Crippen molar-refractivity contribution in [2.45, 2.75) is 13.5 Å². The van der Waals surface area contributed by atoms with Gasteiger partial charge in [0, 0.05) is 48.4 Å². The molecule has 4 aromatic rings. The third kappa shape index (κ3) is 5.96. The molecule has 0 aliphatic heterocycles. The molecule has 0 aliphatic rings. The summed E-state index contributed by atoms with van der Waals surface area (Å²) in [7, 11) is 0. The smallest absolute Gasteiger partial charge is 0.248 e. The molecule has 0 radical (unpaired) electrons. The number of benzene rings is 2. The molecule has 2 aromatic carbocycles.